The SMILES string of the molecule is CCCCNC(=O)C(c1c(C)cccc1C)N(C(=O)C(CC(C)C)NC(=O)OC(C)(C)C)C(C)CCC(C)C. The molecule has 3 atom stereocenters. The van der Waals surface area contributed by atoms with Crippen molar-refractivity contribution < 1.29 is 19.1 Å². The molecule has 2 N–H and O–H groups in total. The Labute approximate surface area is 237 Å². The van der Waals surface area contributed by atoms with Gasteiger partial charge in [-0.1, -0.05) is 59.2 Å². The third-order valence-corrected chi connectivity index (χ3v) is 6.76. The zero-order chi connectivity index (χ0) is 29.9. The van der Waals surface area contributed by atoms with E-state index >= 15 is 0 Å². The molecule has 1 aromatic rings. The van der Waals surface area contributed by atoms with Gasteiger partial charge in [-0.05, 0) is 95.8 Å². The first-order valence-electron chi connectivity index (χ1n) is 14.7. The summed E-state index contributed by atoms with van der Waals surface area (Å²) < 4.78 is 5.52. The van der Waals surface area contributed by atoms with Crippen molar-refractivity contribution in [3.8, 4) is 0 Å². The highest BCUT2D eigenvalue weighted by atomic mass is 16.6. The highest BCUT2D eigenvalue weighted by Gasteiger charge is 2.40. The molecule has 1 rings (SSSR count). The van der Waals surface area contributed by atoms with Gasteiger partial charge >= 0.3 is 6.09 Å². The van der Waals surface area contributed by atoms with Crippen molar-refractivity contribution in [1.29, 1.82) is 0 Å². The molecule has 0 fully saturated rings. The van der Waals surface area contributed by atoms with Crippen LogP contribution in [0.5, 0.6) is 0 Å². The number of ether oxygens (including phenoxy) is 1. The minimum Gasteiger partial charge on any atom is -0.444 e. The summed E-state index contributed by atoms with van der Waals surface area (Å²) in [5, 5.41) is 5.95. The maximum absolute atomic E-state index is 14.5. The molecule has 0 radical (unpaired) electrons. The summed E-state index contributed by atoms with van der Waals surface area (Å²) in [6, 6.07) is 4.09. The van der Waals surface area contributed by atoms with E-state index in [-0.39, 0.29) is 23.8 Å². The summed E-state index contributed by atoms with van der Waals surface area (Å²) >= 11 is 0. The van der Waals surface area contributed by atoms with Gasteiger partial charge in [-0.2, -0.15) is 0 Å². The Balaban J connectivity index is 3.69. The van der Waals surface area contributed by atoms with Crippen LogP contribution >= 0.6 is 0 Å². The molecule has 7 heteroatoms. The number of benzene rings is 1. The van der Waals surface area contributed by atoms with E-state index in [0.717, 1.165) is 42.4 Å². The zero-order valence-electron chi connectivity index (χ0n) is 26.4. The maximum Gasteiger partial charge on any atom is 0.408 e. The maximum atomic E-state index is 14.5. The average Bonchev–Trinajstić information content (AvgIpc) is 2.79. The first kappa shape index (κ1) is 34.5. The molecule has 0 aliphatic carbocycles. The number of nitrogens with zero attached hydrogens (tertiary/aromatic N) is 1. The monoisotopic (exact) mass is 545 g/mol. The molecule has 0 heterocycles. The second-order valence-corrected chi connectivity index (χ2v) is 12.7. The van der Waals surface area contributed by atoms with Gasteiger partial charge in [-0.3, -0.25) is 9.59 Å². The minimum atomic E-state index is -0.823. The number of carbonyl (C=O) groups excluding carboxylic acids is 3. The van der Waals surface area contributed by atoms with Gasteiger partial charge in [0.05, 0.1) is 0 Å². The van der Waals surface area contributed by atoms with Crippen molar-refractivity contribution in [2.45, 2.75) is 132 Å². The number of rotatable bonds is 14. The lowest BCUT2D eigenvalue weighted by atomic mass is 9.91. The Bertz CT molecular complexity index is 916. The number of amides is 3. The summed E-state index contributed by atoms with van der Waals surface area (Å²) in [5.74, 6) is 0.141. The highest BCUT2D eigenvalue weighted by molar-refractivity contribution is 5.92. The molecule has 39 heavy (non-hydrogen) atoms. The van der Waals surface area contributed by atoms with Gasteiger partial charge in [-0.25, -0.2) is 4.79 Å². The molecule has 0 aliphatic rings. The van der Waals surface area contributed by atoms with E-state index in [9.17, 15) is 14.4 Å². The first-order valence-corrected chi connectivity index (χ1v) is 14.7. The van der Waals surface area contributed by atoms with Gasteiger partial charge in [-0.15, -0.1) is 0 Å². The Morgan fingerprint density at radius 3 is 2.03 bits per heavy atom. The lowest BCUT2D eigenvalue weighted by molar-refractivity contribution is -0.145. The Morgan fingerprint density at radius 1 is 0.949 bits per heavy atom. The Kier molecular flexibility index (Phi) is 14.0. The summed E-state index contributed by atoms with van der Waals surface area (Å²) in [6.45, 7) is 22.4. The molecular formula is C32H55N3O4. The van der Waals surface area contributed by atoms with Gasteiger partial charge in [0.1, 0.15) is 17.7 Å². The van der Waals surface area contributed by atoms with Crippen LogP contribution in [-0.2, 0) is 14.3 Å². The van der Waals surface area contributed by atoms with E-state index in [0.29, 0.717) is 18.9 Å². The molecule has 1 aromatic carbocycles. The molecule has 0 bridgehead atoms. The van der Waals surface area contributed by atoms with Crippen molar-refractivity contribution in [3.05, 3.63) is 34.9 Å². The van der Waals surface area contributed by atoms with Crippen LogP contribution in [0.1, 0.15) is 117 Å². The number of aryl methyl sites for hydroxylation is 2. The van der Waals surface area contributed by atoms with E-state index in [2.05, 4.69) is 31.4 Å². The topological polar surface area (TPSA) is 87.7 Å². The van der Waals surface area contributed by atoms with Crippen LogP contribution in [0.25, 0.3) is 0 Å². The fourth-order valence-corrected chi connectivity index (χ4v) is 4.78. The number of hydrogen-bond acceptors (Lipinski definition) is 4. The van der Waals surface area contributed by atoms with Crippen molar-refractivity contribution in [2.24, 2.45) is 11.8 Å². The lowest BCUT2D eigenvalue weighted by Gasteiger charge is -2.40. The van der Waals surface area contributed by atoms with Crippen molar-refractivity contribution in [2.75, 3.05) is 6.54 Å². The minimum absolute atomic E-state index is 0.138. The number of unbranched alkanes of at least 4 members (excludes halogenated alkanes) is 1. The second kappa shape index (κ2) is 15.9. The Morgan fingerprint density at radius 2 is 1.54 bits per heavy atom. The van der Waals surface area contributed by atoms with Gasteiger partial charge in [0.2, 0.25) is 11.8 Å². The van der Waals surface area contributed by atoms with Gasteiger partial charge in [0.25, 0.3) is 0 Å². The fraction of sp³-hybridized carbons (Fsp3) is 0.719. The number of nitrogens with one attached hydrogen (secondary N) is 2. The molecule has 0 aliphatic heterocycles. The smallest absolute Gasteiger partial charge is 0.408 e. The standard InChI is InChI=1S/C32H55N3O4/c1-12-13-19-33-29(36)28(27-23(6)15-14-16-24(27)7)35(25(8)18-17-21(2)3)30(37)26(20-22(4)5)34-31(38)39-32(9,10)11/h14-16,21-22,25-26,28H,12-13,17-20H2,1-11H3,(H,33,36)(H,34,38). The zero-order valence-corrected chi connectivity index (χ0v) is 26.4. The van der Waals surface area contributed by atoms with Crippen molar-refractivity contribution in [1.82, 2.24) is 15.5 Å². The predicted octanol–water partition coefficient (Wildman–Crippen LogP) is 6.85. The molecule has 0 saturated heterocycles. The molecule has 222 valence electrons. The second-order valence-electron chi connectivity index (χ2n) is 12.7. The summed E-state index contributed by atoms with van der Waals surface area (Å²) in [5.41, 5.74) is 2.07. The summed E-state index contributed by atoms with van der Waals surface area (Å²) in [4.78, 5) is 43.0. The molecule has 7 nitrogen and oxygen atoms in total. The van der Waals surface area contributed by atoms with Gasteiger partial charge in [0, 0.05) is 12.6 Å². The number of carbonyl (C=O) groups is 3. The molecule has 0 aromatic heterocycles. The third kappa shape index (κ3) is 11.6. The number of hydrogen-bond donors (Lipinski definition) is 2. The van der Waals surface area contributed by atoms with E-state index in [4.69, 9.17) is 4.74 Å². The number of alkyl carbamates (subject to hydrolysis) is 1. The van der Waals surface area contributed by atoms with E-state index in [1.165, 1.54) is 0 Å². The fourth-order valence-electron chi connectivity index (χ4n) is 4.78. The molecule has 0 spiro atoms. The van der Waals surface area contributed by atoms with Crippen molar-refractivity contribution in [3.63, 3.8) is 0 Å². The van der Waals surface area contributed by atoms with Crippen LogP contribution in [-0.4, -0.2) is 47.0 Å². The van der Waals surface area contributed by atoms with E-state index in [1.54, 1.807) is 25.7 Å². The predicted molar refractivity (Wildman–Crippen MR) is 160 cm³/mol. The molecule has 3 amide bonds. The largest absolute Gasteiger partial charge is 0.444 e. The third-order valence-electron chi connectivity index (χ3n) is 6.76. The van der Waals surface area contributed by atoms with Crippen LogP contribution in [0.3, 0.4) is 0 Å². The quantitative estimate of drug-likeness (QED) is 0.250. The average molecular weight is 546 g/mol. The van der Waals surface area contributed by atoms with Crippen LogP contribution < -0.4 is 10.6 Å². The summed E-state index contributed by atoms with van der Waals surface area (Å²) in [6.07, 6.45) is 3.27. The Hall–Kier alpha value is -2.57. The van der Waals surface area contributed by atoms with E-state index < -0.39 is 23.8 Å². The molecule has 0 saturated carbocycles. The van der Waals surface area contributed by atoms with Crippen LogP contribution in [0, 0.1) is 25.7 Å². The van der Waals surface area contributed by atoms with Crippen molar-refractivity contribution >= 4 is 17.9 Å². The van der Waals surface area contributed by atoms with Crippen LogP contribution in [0.2, 0.25) is 0 Å². The molecule has 3 unspecified atom stereocenters. The van der Waals surface area contributed by atoms with Gasteiger partial charge in [0.15, 0.2) is 0 Å². The lowest BCUT2D eigenvalue weighted by Crippen LogP contribution is -2.56. The van der Waals surface area contributed by atoms with Crippen LogP contribution in [0.4, 0.5) is 4.79 Å². The normalized spacial score (nSPS) is 14.1. The van der Waals surface area contributed by atoms with E-state index in [1.807, 2.05) is 52.8 Å². The first-order chi connectivity index (χ1) is 18.1. The molecular weight excluding hydrogens is 490 g/mol. The highest BCUT2D eigenvalue weighted by Crippen LogP contribution is 2.32. The summed E-state index contributed by atoms with van der Waals surface area (Å²) in [7, 11) is 0. The van der Waals surface area contributed by atoms with Crippen LogP contribution in [0.15, 0.2) is 18.2 Å². The van der Waals surface area contributed by atoms with Gasteiger partial charge < -0.3 is 20.3 Å².